The molecule has 0 fully saturated rings. The first kappa shape index (κ1) is 12.4. The van der Waals surface area contributed by atoms with Crippen molar-refractivity contribution in [3.8, 4) is 5.75 Å². The van der Waals surface area contributed by atoms with E-state index < -0.39 is 0 Å². The lowest BCUT2D eigenvalue weighted by molar-refractivity contribution is 0.103. The van der Waals surface area contributed by atoms with E-state index in [4.69, 9.17) is 4.74 Å². The maximum absolute atomic E-state index is 12.2. The normalized spacial score (nSPS) is 10.3. The zero-order valence-corrected chi connectivity index (χ0v) is 12.1. The van der Waals surface area contributed by atoms with Crippen molar-refractivity contribution >= 4 is 37.6 Å². The maximum atomic E-state index is 12.2. The van der Waals surface area contributed by atoms with Crippen LogP contribution in [0.15, 0.2) is 39.4 Å². The molecule has 2 rings (SSSR count). The molecule has 0 saturated heterocycles. The third-order valence-corrected chi connectivity index (χ3v) is 4.10. The van der Waals surface area contributed by atoms with E-state index in [2.05, 4.69) is 36.8 Å². The van der Waals surface area contributed by atoms with Gasteiger partial charge in [0, 0.05) is 0 Å². The van der Waals surface area contributed by atoms with Crippen LogP contribution in [0, 0.1) is 0 Å². The molecule has 1 aromatic heterocycles. The Hall–Kier alpha value is -1.07. The minimum Gasteiger partial charge on any atom is -0.496 e. The number of aromatic nitrogens is 1. The Morgan fingerprint density at radius 3 is 2.59 bits per heavy atom. The third-order valence-electron chi connectivity index (χ3n) is 2.32. The predicted octanol–water partition coefficient (Wildman–Crippen LogP) is 3.78. The molecule has 1 N–H and O–H groups in total. The van der Waals surface area contributed by atoms with Crippen LogP contribution in [-0.4, -0.2) is 17.9 Å². The van der Waals surface area contributed by atoms with Crippen molar-refractivity contribution in [2.24, 2.45) is 0 Å². The molecule has 0 aliphatic carbocycles. The van der Waals surface area contributed by atoms with Crippen LogP contribution in [0.4, 0.5) is 0 Å². The second-order valence-corrected chi connectivity index (χ2v) is 5.02. The molecule has 17 heavy (non-hydrogen) atoms. The van der Waals surface area contributed by atoms with E-state index in [9.17, 15) is 4.79 Å². The highest BCUT2D eigenvalue weighted by molar-refractivity contribution is 9.13. The van der Waals surface area contributed by atoms with Crippen LogP contribution >= 0.6 is 31.9 Å². The first-order chi connectivity index (χ1) is 8.13. The van der Waals surface area contributed by atoms with Crippen LogP contribution in [0.5, 0.6) is 5.75 Å². The Balaban J connectivity index is 2.43. The fourth-order valence-electron chi connectivity index (χ4n) is 1.50. The van der Waals surface area contributed by atoms with Crippen molar-refractivity contribution in [2.45, 2.75) is 0 Å². The minimum absolute atomic E-state index is 0.103. The number of carbonyl (C=O) groups is 1. The lowest BCUT2D eigenvalue weighted by Gasteiger charge is -2.05. The summed E-state index contributed by atoms with van der Waals surface area (Å²) in [5.41, 5.74) is 1.05. The molecule has 0 amide bonds. The van der Waals surface area contributed by atoms with Crippen molar-refractivity contribution in [3.05, 3.63) is 50.7 Å². The monoisotopic (exact) mass is 357 g/mol. The van der Waals surface area contributed by atoms with E-state index in [0.717, 1.165) is 9.08 Å². The van der Waals surface area contributed by atoms with Gasteiger partial charge in [-0.1, -0.05) is 12.1 Å². The van der Waals surface area contributed by atoms with Crippen LogP contribution in [0.3, 0.4) is 0 Å². The molecule has 5 heteroatoms. The molecule has 0 radical (unpaired) electrons. The van der Waals surface area contributed by atoms with Gasteiger partial charge in [-0.15, -0.1) is 0 Å². The van der Waals surface area contributed by atoms with Gasteiger partial charge in [0.05, 0.1) is 27.4 Å². The zero-order chi connectivity index (χ0) is 12.4. The molecule has 0 bridgehead atoms. The molecule has 1 aromatic carbocycles. The van der Waals surface area contributed by atoms with E-state index in [0.29, 0.717) is 17.0 Å². The number of benzene rings is 1. The Morgan fingerprint density at radius 1 is 1.29 bits per heavy atom. The van der Waals surface area contributed by atoms with Gasteiger partial charge in [-0.2, -0.15) is 0 Å². The van der Waals surface area contributed by atoms with Crippen molar-refractivity contribution in [2.75, 3.05) is 7.11 Å². The number of halogens is 2. The molecule has 1 heterocycles. The number of rotatable bonds is 3. The molecule has 0 saturated carbocycles. The maximum Gasteiger partial charge on any atom is 0.212 e. The summed E-state index contributed by atoms with van der Waals surface area (Å²) in [6.07, 6.45) is 0. The summed E-state index contributed by atoms with van der Waals surface area (Å²) in [5.74, 6) is 0.466. The summed E-state index contributed by atoms with van der Waals surface area (Å²) in [4.78, 5) is 15.2. The van der Waals surface area contributed by atoms with E-state index in [1.165, 1.54) is 0 Å². The first-order valence-electron chi connectivity index (χ1n) is 4.85. The molecular formula is C12H9Br2NO2. The lowest BCUT2D eigenvalue weighted by atomic mass is 10.1. The quantitative estimate of drug-likeness (QED) is 0.848. The topological polar surface area (TPSA) is 42.1 Å². The summed E-state index contributed by atoms with van der Waals surface area (Å²) >= 11 is 6.64. The zero-order valence-electron chi connectivity index (χ0n) is 8.96. The third kappa shape index (κ3) is 2.45. The lowest BCUT2D eigenvalue weighted by Crippen LogP contribution is -2.04. The van der Waals surface area contributed by atoms with Gasteiger partial charge < -0.3 is 9.72 Å². The largest absolute Gasteiger partial charge is 0.496 e. The highest BCUT2D eigenvalue weighted by Gasteiger charge is 2.16. The fourth-order valence-corrected chi connectivity index (χ4v) is 2.16. The molecule has 88 valence electrons. The van der Waals surface area contributed by atoms with Crippen LogP contribution in [0.25, 0.3) is 0 Å². The van der Waals surface area contributed by atoms with Crippen molar-refractivity contribution in [3.63, 3.8) is 0 Å². The van der Waals surface area contributed by atoms with E-state index >= 15 is 0 Å². The smallest absolute Gasteiger partial charge is 0.212 e. The number of para-hydroxylation sites is 1. The number of carbonyl (C=O) groups excluding carboxylic acids is 1. The minimum atomic E-state index is -0.103. The Kier molecular flexibility index (Phi) is 3.69. The number of ketones is 1. The number of methoxy groups -OCH3 is 1. The second-order valence-electron chi connectivity index (χ2n) is 3.37. The summed E-state index contributed by atoms with van der Waals surface area (Å²) in [5, 5.41) is 0. The van der Waals surface area contributed by atoms with Gasteiger partial charge in [0.2, 0.25) is 5.78 Å². The number of H-pyrrole nitrogens is 1. The molecular weight excluding hydrogens is 350 g/mol. The number of aromatic amines is 1. The van der Waals surface area contributed by atoms with Gasteiger partial charge in [0.25, 0.3) is 0 Å². The van der Waals surface area contributed by atoms with Crippen molar-refractivity contribution in [1.82, 2.24) is 4.98 Å². The summed E-state index contributed by atoms with van der Waals surface area (Å²) in [7, 11) is 1.55. The summed E-state index contributed by atoms with van der Waals surface area (Å²) in [6, 6.07) is 8.88. The SMILES string of the molecule is COc1ccccc1C(=O)c1cc(Br)c(Br)[nH]1. The van der Waals surface area contributed by atoms with Gasteiger partial charge in [0.1, 0.15) is 5.75 Å². The van der Waals surface area contributed by atoms with Crippen LogP contribution in [-0.2, 0) is 0 Å². The molecule has 0 atom stereocenters. The van der Waals surface area contributed by atoms with E-state index in [-0.39, 0.29) is 5.78 Å². The standard InChI is InChI=1S/C12H9Br2NO2/c1-17-10-5-3-2-4-7(10)11(16)9-6-8(13)12(14)15-9/h2-6,15H,1H3. The molecule has 3 nitrogen and oxygen atoms in total. The van der Waals surface area contributed by atoms with E-state index in [1.54, 1.807) is 25.3 Å². The van der Waals surface area contributed by atoms with Gasteiger partial charge in [-0.3, -0.25) is 4.79 Å². The summed E-state index contributed by atoms with van der Waals surface area (Å²) < 4.78 is 6.73. The van der Waals surface area contributed by atoms with Gasteiger partial charge in [0.15, 0.2) is 0 Å². The van der Waals surface area contributed by atoms with E-state index in [1.807, 2.05) is 12.1 Å². The number of nitrogens with one attached hydrogen (secondary N) is 1. The highest BCUT2D eigenvalue weighted by atomic mass is 79.9. The number of hydrogen-bond donors (Lipinski definition) is 1. The molecule has 0 spiro atoms. The van der Waals surface area contributed by atoms with Crippen LogP contribution in [0.2, 0.25) is 0 Å². The Bertz CT molecular complexity index is 544. The Labute approximate surface area is 115 Å². The highest BCUT2D eigenvalue weighted by Crippen LogP contribution is 2.26. The fraction of sp³-hybridized carbons (Fsp3) is 0.0833. The van der Waals surface area contributed by atoms with Gasteiger partial charge >= 0.3 is 0 Å². The predicted molar refractivity (Wildman–Crippen MR) is 72.6 cm³/mol. The van der Waals surface area contributed by atoms with Gasteiger partial charge in [-0.05, 0) is 50.1 Å². The average molecular weight is 359 g/mol. The molecule has 0 aliphatic heterocycles. The summed E-state index contributed by atoms with van der Waals surface area (Å²) in [6.45, 7) is 0. The van der Waals surface area contributed by atoms with Crippen molar-refractivity contribution in [1.29, 1.82) is 0 Å². The average Bonchev–Trinajstić information content (AvgIpc) is 2.68. The number of ether oxygens (including phenoxy) is 1. The first-order valence-corrected chi connectivity index (χ1v) is 6.44. The van der Waals surface area contributed by atoms with Crippen LogP contribution in [0.1, 0.15) is 16.1 Å². The number of hydrogen-bond acceptors (Lipinski definition) is 2. The van der Waals surface area contributed by atoms with Crippen LogP contribution < -0.4 is 4.74 Å². The molecule has 0 unspecified atom stereocenters. The molecule has 0 aliphatic rings. The Morgan fingerprint density at radius 2 is 2.00 bits per heavy atom. The van der Waals surface area contributed by atoms with Crippen molar-refractivity contribution < 1.29 is 9.53 Å². The molecule has 2 aromatic rings. The van der Waals surface area contributed by atoms with Gasteiger partial charge in [-0.25, -0.2) is 0 Å². The second kappa shape index (κ2) is 5.06.